The van der Waals surface area contributed by atoms with Crippen LogP contribution < -0.4 is 5.32 Å². The maximum Gasteiger partial charge on any atom is 0.374 e. The molecule has 7 heteroatoms. The van der Waals surface area contributed by atoms with Gasteiger partial charge >= 0.3 is 5.97 Å². The molecule has 7 nitrogen and oxygen atoms in total. The molecular weight excluding hydrogens is 264 g/mol. The Balaban J connectivity index is 1.97. The summed E-state index contributed by atoms with van der Waals surface area (Å²) in [4.78, 5) is 22.6. The third-order valence-electron chi connectivity index (χ3n) is 3.80. The topological polar surface area (TPSA) is 102 Å². The molecule has 20 heavy (non-hydrogen) atoms. The van der Waals surface area contributed by atoms with Gasteiger partial charge in [-0.1, -0.05) is 19.0 Å². The minimum absolute atomic E-state index is 0.0296. The van der Waals surface area contributed by atoms with Crippen LogP contribution in [-0.4, -0.2) is 40.9 Å². The number of ether oxygens (including phenoxy) is 1. The van der Waals surface area contributed by atoms with E-state index in [2.05, 4.69) is 15.0 Å². The summed E-state index contributed by atoms with van der Waals surface area (Å²) in [6.45, 7) is 6.62. The van der Waals surface area contributed by atoms with E-state index < -0.39 is 11.9 Å². The van der Waals surface area contributed by atoms with Gasteiger partial charge < -0.3 is 19.7 Å². The van der Waals surface area contributed by atoms with Gasteiger partial charge in [0, 0.05) is 24.1 Å². The fourth-order valence-electron chi connectivity index (χ4n) is 2.33. The highest BCUT2D eigenvalue weighted by molar-refractivity contribution is 5.95. The molecule has 0 bridgehead atoms. The van der Waals surface area contributed by atoms with E-state index in [1.165, 1.54) is 0 Å². The Labute approximate surface area is 116 Å². The van der Waals surface area contributed by atoms with Crippen molar-refractivity contribution in [1.29, 1.82) is 0 Å². The smallest absolute Gasteiger partial charge is 0.374 e. The minimum Gasteiger partial charge on any atom is -0.475 e. The number of nitrogens with zero attached hydrogens (tertiary/aromatic N) is 1. The highest BCUT2D eigenvalue weighted by atomic mass is 16.5. The predicted octanol–water partition coefficient (Wildman–Crippen LogP) is 1.31. The lowest BCUT2D eigenvalue weighted by atomic mass is 9.64. The standard InChI is InChI=1S/C13H18N2O5/c1-4-19-10-6-9(13(10,2)3)14-11(16)7-5-8(12(17)18)20-15-7/h5,9-10H,4,6H2,1-3H3,(H,14,16)(H,17,18). The first kappa shape index (κ1) is 14.5. The van der Waals surface area contributed by atoms with Crippen LogP contribution in [0.15, 0.2) is 10.6 Å². The predicted molar refractivity (Wildman–Crippen MR) is 68.5 cm³/mol. The largest absolute Gasteiger partial charge is 0.475 e. The first-order chi connectivity index (χ1) is 9.36. The Morgan fingerprint density at radius 2 is 2.30 bits per heavy atom. The number of aromatic carboxylic acids is 1. The van der Waals surface area contributed by atoms with Crippen LogP contribution in [0.1, 0.15) is 48.2 Å². The second kappa shape index (κ2) is 5.24. The van der Waals surface area contributed by atoms with Crippen molar-refractivity contribution in [2.75, 3.05) is 6.61 Å². The zero-order valence-corrected chi connectivity index (χ0v) is 11.7. The number of carboxylic acids is 1. The normalized spacial score (nSPS) is 23.9. The molecule has 1 aromatic rings. The highest BCUT2D eigenvalue weighted by Crippen LogP contribution is 2.42. The van der Waals surface area contributed by atoms with Crippen LogP contribution in [-0.2, 0) is 4.74 Å². The van der Waals surface area contributed by atoms with Crippen molar-refractivity contribution in [1.82, 2.24) is 10.5 Å². The molecule has 1 fully saturated rings. The Kier molecular flexibility index (Phi) is 3.80. The number of aromatic nitrogens is 1. The second-order valence-electron chi connectivity index (χ2n) is 5.41. The van der Waals surface area contributed by atoms with Crippen LogP contribution in [0.2, 0.25) is 0 Å². The molecule has 0 spiro atoms. The van der Waals surface area contributed by atoms with Gasteiger partial charge in [-0.2, -0.15) is 0 Å². The van der Waals surface area contributed by atoms with Crippen LogP contribution in [0.4, 0.5) is 0 Å². The van der Waals surface area contributed by atoms with Crippen LogP contribution in [0.3, 0.4) is 0 Å². The Morgan fingerprint density at radius 1 is 1.60 bits per heavy atom. The van der Waals surface area contributed by atoms with Gasteiger partial charge in [0.2, 0.25) is 5.76 Å². The van der Waals surface area contributed by atoms with E-state index in [9.17, 15) is 9.59 Å². The fraction of sp³-hybridized carbons (Fsp3) is 0.615. The Hall–Kier alpha value is -1.89. The molecule has 2 atom stereocenters. The maximum absolute atomic E-state index is 12.0. The number of carbonyl (C=O) groups excluding carboxylic acids is 1. The van der Waals surface area contributed by atoms with Crippen molar-refractivity contribution in [2.24, 2.45) is 5.41 Å². The summed E-state index contributed by atoms with van der Waals surface area (Å²) in [5.74, 6) is -2.04. The van der Waals surface area contributed by atoms with Gasteiger partial charge in [-0.15, -0.1) is 0 Å². The molecule has 2 N–H and O–H groups in total. The molecule has 2 rings (SSSR count). The lowest BCUT2D eigenvalue weighted by molar-refractivity contribution is -0.111. The molecule has 1 aliphatic carbocycles. The van der Waals surface area contributed by atoms with Crippen LogP contribution in [0, 0.1) is 5.41 Å². The SMILES string of the molecule is CCOC1CC(NC(=O)c2cc(C(=O)O)on2)C1(C)C. The summed E-state index contributed by atoms with van der Waals surface area (Å²) >= 11 is 0. The first-order valence-corrected chi connectivity index (χ1v) is 6.48. The van der Waals surface area contributed by atoms with Gasteiger partial charge in [0.05, 0.1) is 6.10 Å². The average molecular weight is 282 g/mol. The van der Waals surface area contributed by atoms with Crippen molar-refractivity contribution in [3.63, 3.8) is 0 Å². The number of carboxylic acid groups (broad SMARTS) is 1. The molecule has 1 saturated carbocycles. The molecule has 0 saturated heterocycles. The van der Waals surface area contributed by atoms with Gasteiger partial charge in [0.25, 0.3) is 5.91 Å². The lowest BCUT2D eigenvalue weighted by Crippen LogP contribution is -2.62. The van der Waals surface area contributed by atoms with Gasteiger partial charge in [-0.3, -0.25) is 4.79 Å². The van der Waals surface area contributed by atoms with E-state index in [1.807, 2.05) is 20.8 Å². The van der Waals surface area contributed by atoms with Gasteiger partial charge in [-0.05, 0) is 13.3 Å². The first-order valence-electron chi connectivity index (χ1n) is 6.48. The molecule has 110 valence electrons. The molecule has 1 aliphatic rings. The molecule has 2 unspecified atom stereocenters. The molecule has 1 amide bonds. The molecule has 1 heterocycles. The number of hydrogen-bond donors (Lipinski definition) is 2. The maximum atomic E-state index is 12.0. The third-order valence-corrected chi connectivity index (χ3v) is 3.80. The van der Waals surface area contributed by atoms with Crippen molar-refractivity contribution < 1.29 is 24.0 Å². The second-order valence-corrected chi connectivity index (χ2v) is 5.41. The van der Waals surface area contributed by atoms with Crippen molar-refractivity contribution in [3.8, 4) is 0 Å². The summed E-state index contributed by atoms with van der Waals surface area (Å²) in [5.41, 5.74) is -0.191. The number of carbonyl (C=O) groups is 2. The molecule has 0 aliphatic heterocycles. The average Bonchev–Trinajstić information content (AvgIpc) is 2.87. The molecule has 1 aromatic heterocycles. The van der Waals surface area contributed by atoms with Crippen LogP contribution >= 0.6 is 0 Å². The van der Waals surface area contributed by atoms with Gasteiger partial charge in [0.15, 0.2) is 5.69 Å². The van der Waals surface area contributed by atoms with E-state index in [0.717, 1.165) is 12.5 Å². The zero-order valence-electron chi connectivity index (χ0n) is 11.7. The fourth-order valence-corrected chi connectivity index (χ4v) is 2.33. The number of rotatable bonds is 5. The lowest BCUT2D eigenvalue weighted by Gasteiger charge is -2.51. The quantitative estimate of drug-likeness (QED) is 0.844. The van der Waals surface area contributed by atoms with Crippen LogP contribution in [0.5, 0.6) is 0 Å². The number of amides is 1. The summed E-state index contributed by atoms with van der Waals surface area (Å²) in [6.07, 6.45) is 0.848. The number of nitrogens with one attached hydrogen (secondary N) is 1. The summed E-state index contributed by atoms with van der Waals surface area (Å²) in [6, 6.07) is 1.08. The molecular formula is C13H18N2O5. The zero-order chi connectivity index (χ0) is 14.9. The van der Waals surface area contributed by atoms with Crippen molar-refractivity contribution in [3.05, 3.63) is 17.5 Å². The number of hydrogen-bond acceptors (Lipinski definition) is 5. The van der Waals surface area contributed by atoms with E-state index in [1.54, 1.807) is 0 Å². The molecule has 0 aromatic carbocycles. The Morgan fingerprint density at radius 3 is 2.80 bits per heavy atom. The van der Waals surface area contributed by atoms with Gasteiger partial charge in [-0.25, -0.2) is 4.79 Å². The summed E-state index contributed by atoms with van der Waals surface area (Å²) in [5, 5.41) is 15.0. The van der Waals surface area contributed by atoms with Crippen LogP contribution in [0.25, 0.3) is 0 Å². The monoisotopic (exact) mass is 282 g/mol. The van der Waals surface area contributed by atoms with E-state index >= 15 is 0 Å². The summed E-state index contributed by atoms with van der Waals surface area (Å²) < 4.78 is 10.1. The van der Waals surface area contributed by atoms with E-state index in [0.29, 0.717) is 6.61 Å². The minimum atomic E-state index is -1.25. The third kappa shape index (κ3) is 2.53. The highest BCUT2D eigenvalue weighted by Gasteiger charge is 2.49. The summed E-state index contributed by atoms with van der Waals surface area (Å²) in [7, 11) is 0. The van der Waals surface area contributed by atoms with Crippen molar-refractivity contribution in [2.45, 2.75) is 39.3 Å². The van der Waals surface area contributed by atoms with E-state index in [4.69, 9.17) is 9.84 Å². The Bertz CT molecular complexity index is 523. The van der Waals surface area contributed by atoms with E-state index in [-0.39, 0.29) is 29.0 Å². The van der Waals surface area contributed by atoms with Crippen molar-refractivity contribution >= 4 is 11.9 Å². The van der Waals surface area contributed by atoms with Gasteiger partial charge in [0.1, 0.15) is 0 Å². The molecule has 0 radical (unpaired) electrons.